The third kappa shape index (κ3) is 1.76. The van der Waals surface area contributed by atoms with Crippen molar-refractivity contribution in [2.45, 2.75) is 64.3 Å². The third-order valence-corrected chi connectivity index (χ3v) is 6.14. The van der Waals surface area contributed by atoms with E-state index in [2.05, 4.69) is 6.92 Å². The van der Waals surface area contributed by atoms with E-state index < -0.39 is 11.7 Å². The fraction of sp³-hybridized carbons (Fsp3) is 0.933. The number of ether oxygens (including phenoxy) is 1. The molecule has 2 saturated carbocycles. The Labute approximate surface area is 114 Å². The second-order valence-corrected chi connectivity index (χ2v) is 7.35. The van der Waals surface area contributed by atoms with Gasteiger partial charge in [0.25, 0.3) is 0 Å². The second-order valence-electron chi connectivity index (χ2n) is 7.35. The normalized spacial score (nSPS) is 57.3. The van der Waals surface area contributed by atoms with Gasteiger partial charge in [-0.15, -0.1) is 0 Å². The summed E-state index contributed by atoms with van der Waals surface area (Å²) in [6.45, 7) is 5.84. The molecule has 1 aliphatic heterocycles. The molecule has 0 bridgehead atoms. The predicted molar refractivity (Wildman–Crippen MR) is 69.2 cm³/mol. The molecule has 19 heavy (non-hydrogen) atoms. The van der Waals surface area contributed by atoms with Crippen LogP contribution in [0.3, 0.4) is 0 Å². The van der Waals surface area contributed by atoms with E-state index in [1.54, 1.807) is 6.92 Å². The minimum Gasteiger partial charge on any atom is -0.462 e. The van der Waals surface area contributed by atoms with Crippen molar-refractivity contribution in [3.8, 4) is 0 Å². The lowest BCUT2D eigenvalue weighted by Crippen LogP contribution is -2.60. The Morgan fingerprint density at radius 2 is 2.05 bits per heavy atom. The van der Waals surface area contributed by atoms with Gasteiger partial charge in [0.2, 0.25) is 0 Å². The van der Waals surface area contributed by atoms with Crippen molar-refractivity contribution in [1.82, 2.24) is 0 Å². The van der Waals surface area contributed by atoms with Gasteiger partial charge in [-0.05, 0) is 43.9 Å². The van der Waals surface area contributed by atoms with Crippen LogP contribution in [0.15, 0.2) is 0 Å². The Balaban J connectivity index is 1.92. The zero-order chi connectivity index (χ0) is 14.0. The molecule has 4 heteroatoms. The van der Waals surface area contributed by atoms with Crippen molar-refractivity contribution in [3.63, 3.8) is 0 Å². The monoisotopic (exact) mass is 268 g/mol. The van der Waals surface area contributed by atoms with Crippen LogP contribution < -0.4 is 0 Å². The molecule has 3 aliphatic rings. The molecular weight excluding hydrogens is 244 g/mol. The number of carbonyl (C=O) groups is 1. The molecule has 0 aromatic carbocycles. The molecule has 7 unspecified atom stereocenters. The molecule has 0 aromatic heterocycles. The number of fused-ring (bicyclic) bond motifs is 2. The molecule has 2 N–H and O–H groups in total. The number of hydrogen-bond acceptors (Lipinski definition) is 4. The molecule has 4 nitrogen and oxygen atoms in total. The Morgan fingerprint density at radius 1 is 1.37 bits per heavy atom. The van der Waals surface area contributed by atoms with Crippen molar-refractivity contribution in [1.29, 1.82) is 0 Å². The van der Waals surface area contributed by atoms with Crippen LogP contribution in [0.2, 0.25) is 0 Å². The highest BCUT2D eigenvalue weighted by molar-refractivity contribution is 5.74. The van der Waals surface area contributed by atoms with Crippen LogP contribution in [0.4, 0.5) is 0 Å². The Hall–Kier alpha value is -0.610. The second kappa shape index (κ2) is 3.95. The van der Waals surface area contributed by atoms with Gasteiger partial charge in [0, 0.05) is 5.92 Å². The van der Waals surface area contributed by atoms with Crippen molar-refractivity contribution < 1.29 is 19.7 Å². The summed E-state index contributed by atoms with van der Waals surface area (Å²) in [7, 11) is 0. The molecule has 108 valence electrons. The van der Waals surface area contributed by atoms with E-state index >= 15 is 0 Å². The van der Waals surface area contributed by atoms with E-state index in [-0.39, 0.29) is 35.2 Å². The summed E-state index contributed by atoms with van der Waals surface area (Å²) < 4.78 is 5.50. The number of carbonyl (C=O) groups excluding carboxylic acids is 1. The molecule has 3 rings (SSSR count). The first kappa shape index (κ1) is 13.4. The third-order valence-electron chi connectivity index (χ3n) is 6.14. The topological polar surface area (TPSA) is 66.8 Å². The van der Waals surface area contributed by atoms with E-state index in [1.165, 1.54) is 0 Å². The summed E-state index contributed by atoms with van der Waals surface area (Å²) in [4.78, 5) is 11.7. The van der Waals surface area contributed by atoms with Crippen molar-refractivity contribution in [2.24, 2.45) is 23.2 Å². The van der Waals surface area contributed by atoms with E-state index in [0.717, 1.165) is 19.3 Å². The number of aliphatic hydroxyl groups excluding tert-OH is 1. The first-order valence-corrected chi connectivity index (χ1v) is 7.36. The van der Waals surface area contributed by atoms with Crippen molar-refractivity contribution in [2.75, 3.05) is 0 Å². The first-order chi connectivity index (χ1) is 8.75. The summed E-state index contributed by atoms with van der Waals surface area (Å²) >= 11 is 0. The molecule has 1 heterocycles. The Bertz CT molecular complexity index is 405. The molecule has 2 aliphatic carbocycles. The molecule has 0 radical (unpaired) electrons. The Morgan fingerprint density at radius 3 is 2.74 bits per heavy atom. The van der Waals surface area contributed by atoms with Crippen molar-refractivity contribution >= 4 is 5.97 Å². The minimum atomic E-state index is -1.05. The highest BCUT2D eigenvalue weighted by Crippen LogP contribution is 2.58. The molecule has 3 fully saturated rings. The van der Waals surface area contributed by atoms with Crippen LogP contribution in [0.5, 0.6) is 0 Å². The molecule has 7 atom stereocenters. The maximum absolute atomic E-state index is 11.7. The maximum atomic E-state index is 11.7. The van der Waals surface area contributed by atoms with Crippen LogP contribution in [-0.4, -0.2) is 34.0 Å². The minimum absolute atomic E-state index is 0.00907. The van der Waals surface area contributed by atoms with Crippen LogP contribution in [0.25, 0.3) is 0 Å². The predicted octanol–water partition coefficient (Wildman–Crippen LogP) is 1.49. The van der Waals surface area contributed by atoms with Gasteiger partial charge < -0.3 is 14.9 Å². The van der Waals surface area contributed by atoms with E-state index in [4.69, 9.17) is 4.74 Å². The molecule has 0 aromatic rings. The maximum Gasteiger partial charge on any atom is 0.309 e. The van der Waals surface area contributed by atoms with Crippen LogP contribution in [-0.2, 0) is 9.53 Å². The molecule has 1 saturated heterocycles. The van der Waals surface area contributed by atoms with Gasteiger partial charge >= 0.3 is 5.97 Å². The number of aliphatic hydroxyl groups is 2. The van der Waals surface area contributed by atoms with Gasteiger partial charge in [-0.25, -0.2) is 0 Å². The van der Waals surface area contributed by atoms with E-state index in [1.807, 2.05) is 6.92 Å². The zero-order valence-corrected chi connectivity index (χ0v) is 11.9. The van der Waals surface area contributed by atoms with Gasteiger partial charge in [-0.3, -0.25) is 4.79 Å². The van der Waals surface area contributed by atoms with Crippen LogP contribution >= 0.6 is 0 Å². The SMILES string of the molecule is CC1C(=O)OC2CC3(C)CCC(O)C(C)(O)C3CC21. The van der Waals surface area contributed by atoms with Gasteiger partial charge in [0.05, 0.1) is 17.6 Å². The van der Waals surface area contributed by atoms with E-state index in [9.17, 15) is 15.0 Å². The lowest BCUT2D eigenvalue weighted by molar-refractivity contribution is -0.196. The average Bonchev–Trinajstić information content (AvgIpc) is 2.59. The molecule has 0 spiro atoms. The molecule has 0 amide bonds. The first-order valence-electron chi connectivity index (χ1n) is 7.36. The Kier molecular flexibility index (Phi) is 2.78. The highest BCUT2D eigenvalue weighted by Gasteiger charge is 2.60. The summed E-state index contributed by atoms with van der Waals surface area (Å²) in [5, 5.41) is 20.8. The fourth-order valence-electron chi connectivity index (χ4n) is 4.76. The molecular formula is C15H24O4. The lowest BCUT2D eigenvalue weighted by Gasteiger charge is -2.56. The number of hydrogen-bond donors (Lipinski definition) is 2. The van der Waals surface area contributed by atoms with E-state index in [0.29, 0.717) is 6.42 Å². The average molecular weight is 268 g/mol. The largest absolute Gasteiger partial charge is 0.462 e. The number of rotatable bonds is 0. The number of esters is 1. The quantitative estimate of drug-likeness (QED) is 0.653. The van der Waals surface area contributed by atoms with Gasteiger partial charge in [-0.1, -0.05) is 13.8 Å². The fourth-order valence-corrected chi connectivity index (χ4v) is 4.76. The van der Waals surface area contributed by atoms with Crippen LogP contribution in [0, 0.1) is 23.2 Å². The lowest BCUT2D eigenvalue weighted by atomic mass is 9.51. The highest BCUT2D eigenvalue weighted by atomic mass is 16.6. The summed E-state index contributed by atoms with van der Waals surface area (Å²) in [6.07, 6.45) is 2.47. The summed E-state index contributed by atoms with van der Waals surface area (Å²) in [5.41, 5.74) is -1.09. The summed E-state index contributed by atoms with van der Waals surface area (Å²) in [6, 6.07) is 0. The van der Waals surface area contributed by atoms with Crippen molar-refractivity contribution in [3.05, 3.63) is 0 Å². The van der Waals surface area contributed by atoms with Gasteiger partial charge in [-0.2, -0.15) is 0 Å². The summed E-state index contributed by atoms with van der Waals surface area (Å²) in [5.74, 6) is 0.0613. The van der Waals surface area contributed by atoms with Crippen LogP contribution in [0.1, 0.15) is 46.5 Å². The smallest absolute Gasteiger partial charge is 0.309 e. The standard InChI is InChI=1S/C15H24O4/c1-8-9-6-11-14(2,7-10(9)19-13(8)17)5-4-12(16)15(11,3)18/h8-12,16,18H,4-7H2,1-3H3. The zero-order valence-electron chi connectivity index (χ0n) is 11.9. The van der Waals surface area contributed by atoms with Gasteiger partial charge in [0.15, 0.2) is 0 Å². The van der Waals surface area contributed by atoms with Gasteiger partial charge in [0.1, 0.15) is 6.10 Å².